The van der Waals surface area contributed by atoms with Crippen LogP contribution in [-0.2, 0) is 0 Å². The summed E-state index contributed by atoms with van der Waals surface area (Å²) in [5, 5.41) is 8.89. The van der Waals surface area contributed by atoms with Crippen LogP contribution >= 0.6 is 0 Å². The first kappa shape index (κ1) is 16.0. The van der Waals surface area contributed by atoms with Crippen LogP contribution in [0.25, 0.3) is 0 Å². The molecule has 0 atom stereocenters. The van der Waals surface area contributed by atoms with Gasteiger partial charge in [0.1, 0.15) is 5.82 Å². The number of rotatable bonds is 5. The van der Waals surface area contributed by atoms with Crippen LogP contribution in [-0.4, -0.2) is 18.2 Å². The van der Waals surface area contributed by atoms with Gasteiger partial charge in [0.15, 0.2) is 11.6 Å². The molecule has 0 aliphatic carbocycles. The number of nitrogens with two attached hydrogens (primary N) is 1. The molecule has 1 aromatic carbocycles. The smallest absolute Gasteiger partial charge is 0.166 e. The highest BCUT2D eigenvalue weighted by molar-refractivity contribution is 5.72. The Morgan fingerprint density at radius 1 is 1.48 bits per heavy atom. The molecule has 0 saturated carbocycles. The molecule has 2 aromatic rings. The Morgan fingerprint density at radius 3 is 2.96 bits per heavy atom. The van der Waals surface area contributed by atoms with Gasteiger partial charge in [-0.25, -0.2) is 9.37 Å². The van der Waals surface area contributed by atoms with Gasteiger partial charge in [-0.05, 0) is 30.3 Å². The lowest BCUT2D eigenvalue weighted by Gasteiger charge is -2.15. The highest BCUT2D eigenvalue weighted by atomic mass is 19.1. The Kier molecular flexibility index (Phi) is 4.95. The molecule has 0 saturated heterocycles. The normalized spacial score (nSPS) is 10.3. The van der Waals surface area contributed by atoms with E-state index >= 15 is 0 Å². The Labute approximate surface area is 134 Å². The van der Waals surface area contributed by atoms with Crippen LogP contribution in [0, 0.1) is 18.2 Å². The van der Waals surface area contributed by atoms with E-state index in [1.165, 1.54) is 6.07 Å². The topological polar surface area (TPSA) is 66.5 Å². The van der Waals surface area contributed by atoms with Crippen molar-refractivity contribution in [2.75, 3.05) is 23.1 Å². The van der Waals surface area contributed by atoms with Gasteiger partial charge >= 0.3 is 0 Å². The zero-order valence-corrected chi connectivity index (χ0v) is 12.6. The van der Waals surface area contributed by atoms with Crippen molar-refractivity contribution in [3.05, 3.63) is 54.4 Å². The van der Waals surface area contributed by atoms with E-state index in [2.05, 4.69) is 27.9 Å². The summed E-state index contributed by atoms with van der Waals surface area (Å²) < 4.78 is 13.4. The fourth-order valence-electron chi connectivity index (χ4n) is 1.84. The van der Waals surface area contributed by atoms with Crippen molar-refractivity contribution in [2.45, 2.75) is 0 Å². The number of benzene rings is 1. The summed E-state index contributed by atoms with van der Waals surface area (Å²) in [4.78, 5) is 3.96. The number of halogens is 1. The summed E-state index contributed by atoms with van der Waals surface area (Å²) >= 11 is 0. The quantitative estimate of drug-likeness (QED) is 0.506. The molecule has 116 valence electrons. The third kappa shape index (κ3) is 3.86. The summed E-state index contributed by atoms with van der Waals surface area (Å²) in [6.07, 6.45) is 8.55. The van der Waals surface area contributed by atoms with Gasteiger partial charge in [-0.1, -0.05) is 18.6 Å². The minimum atomic E-state index is -0.643. The zero-order chi connectivity index (χ0) is 16.8. The number of allylic oxidation sites excluding steroid dienone is 1. The molecule has 3 N–H and O–H groups in total. The van der Waals surface area contributed by atoms with Crippen LogP contribution in [0.5, 0.6) is 0 Å². The minimum Gasteiger partial charge on any atom is -0.381 e. The molecule has 0 bridgehead atoms. The number of nitrogens with one attached hydrogen (secondary N) is 1. The number of hydrazone groups is 1. The van der Waals surface area contributed by atoms with Crippen molar-refractivity contribution in [2.24, 2.45) is 5.10 Å². The Balaban J connectivity index is 2.31. The minimum absolute atomic E-state index is 0.213. The molecule has 1 heterocycles. The average Bonchev–Trinajstić information content (AvgIpc) is 2.56. The lowest BCUT2D eigenvalue weighted by Crippen LogP contribution is -2.09. The Bertz CT molecular complexity index is 792. The monoisotopic (exact) mass is 309 g/mol. The number of pyridine rings is 1. The molecule has 5 nitrogen and oxygen atoms in total. The highest BCUT2D eigenvalue weighted by Gasteiger charge is 2.09. The lowest BCUT2D eigenvalue weighted by atomic mass is 10.2. The first-order valence-corrected chi connectivity index (χ1v) is 6.73. The van der Waals surface area contributed by atoms with E-state index < -0.39 is 5.82 Å². The first-order chi connectivity index (χ1) is 11.0. The zero-order valence-electron chi connectivity index (χ0n) is 12.6. The maximum atomic E-state index is 13.4. The van der Waals surface area contributed by atoms with Crippen LogP contribution in [0.3, 0.4) is 0 Å². The first-order valence-electron chi connectivity index (χ1n) is 6.73. The molecule has 6 heteroatoms. The van der Waals surface area contributed by atoms with Gasteiger partial charge in [-0.2, -0.15) is 5.10 Å². The summed E-state index contributed by atoms with van der Waals surface area (Å²) in [5.74, 6) is 1.85. The molecule has 23 heavy (non-hydrogen) atoms. The van der Waals surface area contributed by atoms with Crippen molar-refractivity contribution in [1.82, 2.24) is 4.98 Å². The van der Waals surface area contributed by atoms with E-state index in [1.54, 1.807) is 24.3 Å². The second-order valence-corrected chi connectivity index (χ2v) is 4.60. The van der Waals surface area contributed by atoms with Gasteiger partial charge in [0.25, 0.3) is 0 Å². The van der Waals surface area contributed by atoms with Crippen molar-refractivity contribution in [1.29, 1.82) is 0 Å². The van der Waals surface area contributed by atoms with E-state index in [-0.39, 0.29) is 5.82 Å². The van der Waals surface area contributed by atoms with Crippen LogP contribution in [0.2, 0.25) is 0 Å². The van der Waals surface area contributed by atoms with Gasteiger partial charge in [0.2, 0.25) is 0 Å². The van der Waals surface area contributed by atoms with Crippen LogP contribution in [0.15, 0.2) is 48.1 Å². The summed E-state index contributed by atoms with van der Waals surface area (Å²) in [6.45, 7) is 3.58. The number of hydrogen-bond donors (Lipinski definition) is 2. The fourth-order valence-corrected chi connectivity index (χ4v) is 1.84. The average molecular weight is 309 g/mol. The molecule has 0 amide bonds. The van der Waals surface area contributed by atoms with Gasteiger partial charge in [0, 0.05) is 18.9 Å². The van der Waals surface area contributed by atoms with E-state index in [0.29, 0.717) is 11.4 Å². The predicted molar refractivity (Wildman–Crippen MR) is 93.4 cm³/mol. The standard InChI is InChI=1S/C17H16FN5/c1-4-9-20-23(3)14-8-6-7-13(11-14)21-17-12(5-2)10-15(18)16(19)22-17/h2,4,6-11H,1H2,3H3,(H3,19,21,22)/b20-9-. The van der Waals surface area contributed by atoms with E-state index in [9.17, 15) is 4.39 Å². The highest BCUT2D eigenvalue weighted by Crippen LogP contribution is 2.24. The number of aromatic nitrogens is 1. The van der Waals surface area contributed by atoms with Crippen LogP contribution in [0.4, 0.5) is 27.4 Å². The maximum absolute atomic E-state index is 13.4. The fraction of sp³-hybridized carbons (Fsp3) is 0.0588. The summed E-state index contributed by atoms with van der Waals surface area (Å²) in [7, 11) is 1.81. The number of nitrogens with zero attached hydrogens (tertiary/aromatic N) is 3. The van der Waals surface area contributed by atoms with Crippen LogP contribution in [0.1, 0.15) is 5.56 Å². The van der Waals surface area contributed by atoms with Gasteiger partial charge in [-0.15, -0.1) is 6.42 Å². The molecule has 0 unspecified atom stereocenters. The molecule has 0 fully saturated rings. The van der Waals surface area contributed by atoms with Crippen molar-refractivity contribution in [3.63, 3.8) is 0 Å². The Hall–Kier alpha value is -3.33. The molecule has 2 rings (SSSR count). The number of hydrogen-bond acceptors (Lipinski definition) is 5. The lowest BCUT2D eigenvalue weighted by molar-refractivity contribution is 0.627. The van der Waals surface area contributed by atoms with E-state index in [4.69, 9.17) is 12.2 Å². The summed E-state index contributed by atoms with van der Waals surface area (Å²) in [5.41, 5.74) is 7.35. The molecule has 0 radical (unpaired) electrons. The van der Waals surface area contributed by atoms with Crippen molar-refractivity contribution < 1.29 is 4.39 Å². The molecule has 0 aliphatic rings. The predicted octanol–water partition coefficient (Wildman–Crippen LogP) is 3.14. The van der Waals surface area contributed by atoms with Gasteiger partial charge in [0.05, 0.1) is 11.3 Å². The SMILES string of the molecule is C#Cc1cc(F)c(N)nc1Nc1cccc(N(C)/N=C\C=C)c1. The molecule has 0 aliphatic heterocycles. The largest absolute Gasteiger partial charge is 0.381 e. The molecule has 1 aromatic heterocycles. The third-order valence-corrected chi connectivity index (χ3v) is 2.99. The van der Waals surface area contributed by atoms with E-state index in [0.717, 1.165) is 11.4 Å². The molecule has 0 spiro atoms. The van der Waals surface area contributed by atoms with Gasteiger partial charge in [-0.3, -0.25) is 5.01 Å². The van der Waals surface area contributed by atoms with Crippen molar-refractivity contribution in [3.8, 4) is 12.3 Å². The second-order valence-electron chi connectivity index (χ2n) is 4.60. The number of nitrogen functional groups attached to an aromatic ring is 1. The molecular formula is C17H16FN5. The van der Waals surface area contributed by atoms with E-state index in [1.807, 2.05) is 24.3 Å². The maximum Gasteiger partial charge on any atom is 0.166 e. The third-order valence-electron chi connectivity index (χ3n) is 2.99. The number of anilines is 4. The summed E-state index contributed by atoms with van der Waals surface area (Å²) in [6, 6.07) is 8.59. The van der Waals surface area contributed by atoms with Gasteiger partial charge < -0.3 is 11.1 Å². The van der Waals surface area contributed by atoms with Crippen LogP contribution < -0.4 is 16.1 Å². The Morgan fingerprint density at radius 2 is 2.26 bits per heavy atom. The number of terminal acetylenes is 1. The molecular weight excluding hydrogens is 293 g/mol. The van der Waals surface area contributed by atoms with Crippen molar-refractivity contribution >= 4 is 29.2 Å². The second kappa shape index (κ2) is 7.09.